The number of pyridine rings is 1. The molecule has 1 fully saturated rings. The average Bonchev–Trinajstić information content (AvgIpc) is 2.60. The molecular formula is C14H22N4O2. The number of nitrogens with zero attached hydrogens (tertiary/aromatic N) is 3. The van der Waals surface area contributed by atoms with E-state index >= 15 is 0 Å². The Morgan fingerprint density at radius 3 is 2.95 bits per heavy atom. The molecule has 0 aliphatic carbocycles. The van der Waals surface area contributed by atoms with Crippen molar-refractivity contribution in [2.75, 3.05) is 43.9 Å². The van der Waals surface area contributed by atoms with E-state index in [9.17, 15) is 4.79 Å². The van der Waals surface area contributed by atoms with Crippen molar-refractivity contribution in [2.45, 2.75) is 19.8 Å². The van der Waals surface area contributed by atoms with Crippen LogP contribution in [0.5, 0.6) is 5.88 Å². The maximum atomic E-state index is 11.9. The van der Waals surface area contributed by atoms with Gasteiger partial charge in [-0.15, -0.1) is 0 Å². The van der Waals surface area contributed by atoms with Crippen LogP contribution < -0.4 is 15.4 Å². The van der Waals surface area contributed by atoms with Gasteiger partial charge in [0.25, 0.3) is 0 Å². The van der Waals surface area contributed by atoms with E-state index in [1.165, 1.54) is 0 Å². The number of carbonyl (C=O) groups is 1. The van der Waals surface area contributed by atoms with Crippen LogP contribution in [0, 0.1) is 0 Å². The molecule has 6 heteroatoms. The monoisotopic (exact) mass is 278 g/mol. The molecule has 20 heavy (non-hydrogen) atoms. The Labute approximate surface area is 119 Å². The van der Waals surface area contributed by atoms with E-state index in [-0.39, 0.29) is 5.91 Å². The summed E-state index contributed by atoms with van der Waals surface area (Å²) in [5.41, 5.74) is 6.39. The topological polar surface area (TPSA) is 71.7 Å². The number of nitrogens with two attached hydrogens (primary N) is 1. The Balaban J connectivity index is 2.17. The van der Waals surface area contributed by atoms with Crippen LogP contribution in [0.15, 0.2) is 12.1 Å². The predicted octanol–water partition coefficient (Wildman–Crippen LogP) is 1.12. The minimum absolute atomic E-state index is 0.108. The zero-order valence-electron chi connectivity index (χ0n) is 12.1. The van der Waals surface area contributed by atoms with Crippen molar-refractivity contribution in [3.8, 4) is 5.88 Å². The first-order valence-electron chi connectivity index (χ1n) is 7.00. The van der Waals surface area contributed by atoms with Crippen molar-refractivity contribution in [3.63, 3.8) is 0 Å². The molecule has 0 radical (unpaired) electrons. The fourth-order valence-corrected chi connectivity index (χ4v) is 2.11. The molecule has 1 aromatic heterocycles. The SMILES string of the molecule is CCCOc1nc(N2CCCN(C)C(=O)C2)ccc1N. The van der Waals surface area contributed by atoms with E-state index < -0.39 is 0 Å². The lowest BCUT2D eigenvalue weighted by Crippen LogP contribution is -2.34. The molecule has 0 spiro atoms. The molecule has 1 aliphatic heterocycles. The summed E-state index contributed by atoms with van der Waals surface area (Å²) in [7, 11) is 1.83. The third-order valence-electron chi connectivity index (χ3n) is 3.32. The summed E-state index contributed by atoms with van der Waals surface area (Å²) in [6, 6.07) is 3.62. The molecule has 6 nitrogen and oxygen atoms in total. The minimum atomic E-state index is 0.108. The maximum absolute atomic E-state index is 11.9. The summed E-state index contributed by atoms with van der Waals surface area (Å²) >= 11 is 0. The van der Waals surface area contributed by atoms with Gasteiger partial charge in [-0.1, -0.05) is 6.92 Å². The summed E-state index contributed by atoms with van der Waals surface area (Å²) in [6.45, 7) is 4.55. The lowest BCUT2D eigenvalue weighted by Gasteiger charge is -2.21. The number of hydrogen-bond donors (Lipinski definition) is 1. The van der Waals surface area contributed by atoms with Crippen molar-refractivity contribution in [1.82, 2.24) is 9.88 Å². The van der Waals surface area contributed by atoms with Gasteiger partial charge in [0.05, 0.1) is 18.8 Å². The summed E-state index contributed by atoms with van der Waals surface area (Å²) in [6.07, 6.45) is 1.83. The third kappa shape index (κ3) is 3.31. The quantitative estimate of drug-likeness (QED) is 0.893. The van der Waals surface area contributed by atoms with Gasteiger partial charge in [-0.05, 0) is 25.0 Å². The number of amides is 1. The predicted molar refractivity (Wildman–Crippen MR) is 78.9 cm³/mol. The standard InChI is InChI=1S/C14H22N4O2/c1-3-9-20-14-11(15)5-6-12(16-14)18-8-4-7-17(2)13(19)10-18/h5-6H,3-4,7-10,15H2,1-2H3. The number of rotatable bonds is 4. The van der Waals surface area contributed by atoms with Gasteiger partial charge in [-0.25, -0.2) is 0 Å². The van der Waals surface area contributed by atoms with Crippen LogP contribution >= 0.6 is 0 Å². The summed E-state index contributed by atoms with van der Waals surface area (Å²) in [5, 5.41) is 0. The smallest absolute Gasteiger partial charge is 0.241 e. The number of carbonyl (C=O) groups excluding carboxylic acids is 1. The van der Waals surface area contributed by atoms with E-state index in [0.717, 1.165) is 31.7 Å². The van der Waals surface area contributed by atoms with Crippen molar-refractivity contribution in [1.29, 1.82) is 0 Å². The Hall–Kier alpha value is -1.98. The number of likely N-dealkylation sites (N-methyl/N-ethyl adjacent to an activating group) is 1. The van der Waals surface area contributed by atoms with Gasteiger partial charge >= 0.3 is 0 Å². The summed E-state index contributed by atoms with van der Waals surface area (Å²) < 4.78 is 5.54. The number of aromatic nitrogens is 1. The van der Waals surface area contributed by atoms with Crippen molar-refractivity contribution >= 4 is 17.4 Å². The molecule has 1 saturated heterocycles. The largest absolute Gasteiger partial charge is 0.476 e. The van der Waals surface area contributed by atoms with Gasteiger partial charge in [-0.2, -0.15) is 4.98 Å². The van der Waals surface area contributed by atoms with E-state index in [2.05, 4.69) is 4.98 Å². The zero-order valence-corrected chi connectivity index (χ0v) is 12.1. The van der Waals surface area contributed by atoms with Crippen LogP contribution in [0.4, 0.5) is 11.5 Å². The van der Waals surface area contributed by atoms with E-state index in [1.807, 2.05) is 24.9 Å². The molecule has 1 amide bonds. The van der Waals surface area contributed by atoms with Crippen LogP contribution in [-0.2, 0) is 4.79 Å². The molecule has 0 unspecified atom stereocenters. The molecule has 0 aromatic carbocycles. The molecule has 2 heterocycles. The molecular weight excluding hydrogens is 256 g/mol. The minimum Gasteiger partial charge on any atom is -0.476 e. The average molecular weight is 278 g/mol. The first kappa shape index (κ1) is 14.4. The number of anilines is 2. The number of nitrogen functional groups attached to an aromatic ring is 1. The zero-order chi connectivity index (χ0) is 14.5. The fourth-order valence-electron chi connectivity index (χ4n) is 2.11. The Bertz CT molecular complexity index is 478. The molecule has 1 aliphatic rings. The van der Waals surface area contributed by atoms with Crippen LogP contribution in [0.25, 0.3) is 0 Å². The van der Waals surface area contributed by atoms with E-state index in [0.29, 0.717) is 24.7 Å². The highest BCUT2D eigenvalue weighted by molar-refractivity contribution is 5.81. The van der Waals surface area contributed by atoms with E-state index in [1.54, 1.807) is 11.0 Å². The lowest BCUT2D eigenvalue weighted by molar-refractivity contribution is -0.127. The van der Waals surface area contributed by atoms with Gasteiger partial charge in [0.1, 0.15) is 5.82 Å². The molecule has 2 N–H and O–H groups in total. The molecule has 0 atom stereocenters. The van der Waals surface area contributed by atoms with Gasteiger partial charge in [0, 0.05) is 20.1 Å². The highest BCUT2D eigenvalue weighted by atomic mass is 16.5. The van der Waals surface area contributed by atoms with Crippen LogP contribution in [0.1, 0.15) is 19.8 Å². The summed E-state index contributed by atoms with van der Waals surface area (Å²) in [5.74, 6) is 1.31. The van der Waals surface area contributed by atoms with Gasteiger partial charge in [0.15, 0.2) is 0 Å². The van der Waals surface area contributed by atoms with Crippen LogP contribution in [0.2, 0.25) is 0 Å². The second-order valence-corrected chi connectivity index (χ2v) is 5.00. The highest BCUT2D eigenvalue weighted by Gasteiger charge is 2.20. The lowest BCUT2D eigenvalue weighted by atomic mass is 10.3. The first-order valence-corrected chi connectivity index (χ1v) is 7.00. The van der Waals surface area contributed by atoms with Gasteiger partial charge in [0.2, 0.25) is 11.8 Å². The number of ether oxygens (including phenoxy) is 1. The molecule has 1 aromatic rings. The first-order chi connectivity index (χ1) is 9.61. The van der Waals surface area contributed by atoms with Crippen molar-refractivity contribution in [3.05, 3.63) is 12.1 Å². The molecule has 2 rings (SSSR count). The van der Waals surface area contributed by atoms with E-state index in [4.69, 9.17) is 10.5 Å². The Morgan fingerprint density at radius 1 is 1.40 bits per heavy atom. The molecule has 0 saturated carbocycles. The Kier molecular flexibility index (Phi) is 4.65. The van der Waals surface area contributed by atoms with Gasteiger partial charge < -0.3 is 20.3 Å². The second kappa shape index (κ2) is 6.45. The van der Waals surface area contributed by atoms with Crippen LogP contribution in [0.3, 0.4) is 0 Å². The Morgan fingerprint density at radius 2 is 2.20 bits per heavy atom. The normalized spacial score (nSPS) is 16.2. The highest BCUT2D eigenvalue weighted by Crippen LogP contribution is 2.24. The summed E-state index contributed by atoms with van der Waals surface area (Å²) in [4.78, 5) is 20.1. The number of hydrogen-bond acceptors (Lipinski definition) is 5. The molecule has 110 valence electrons. The maximum Gasteiger partial charge on any atom is 0.241 e. The van der Waals surface area contributed by atoms with Gasteiger partial charge in [-0.3, -0.25) is 4.79 Å². The van der Waals surface area contributed by atoms with Crippen molar-refractivity contribution < 1.29 is 9.53 Å². The van der Waals surface area contributed by atoms with Crippen molar-refractivity contribution in [2.24, 2.45) is 0 Å². The third-order valence-corrected chi connectivity index (χ3v) is 3.32. The van der Waals surface area contributed by atoms with Crippen LogP contribution in [-0.4, -0.2) is 49.1 Å². The second-order valence-electron chi connectivity index (χ2n) is 5.00. The molecule has 0 bridgehead atoms. The fraction of sp³-hybridized carbons (Fsp3) is 0.571.